The Balaban J connectivity index is 1.29. The topological polar surface area (TPSA) is 265 Å². The molecule has 1 amide bonds. The minimum atomic E-state index is -1.30. The van der Waals surface area contributed by atoms with E-state index in [0.29, 0.717) is 64.2 Å². The Morgan fingerprint density at radius 2 is 1.51 bits per heavy atom. The molecule has 3 rings (SSSR count). The first-order valence-electron chi connectivity index (χ1n) is 14.8. The first-order valence-corrected chi connectivity index (χ1v) is 14.8. The number of nitrogens with one attached hydrogen (secondary N) is 3. The number of aromatic amines is 1. The fourth-order valence-electron chi connectivity index (χ4n) is 3.88. The Morgan fingerprint density at radius 3 is 2.13 bits per heavy atom. The van der Waals surface area contributed by atoms with Crippen molar-refractivity contribution in [2.45, 2.75) is 25.4 Å². The van der Waals surface area contributed by atoms with Crippen molar-refractivity contribution in [1.29, 1.82) is 0 Å². The van der Waals surface area contributed by atoms with Gasteiger partial charge in [-0.05, 0) is 30.7 Å². The Bertz CT molecular complexity index is 1490. The first kappa shape index (κ1) is 36.7. The number of carbonyl (C=O) groups is 3. The summed E-state index contributed by atoms with van der Waals surface area (Å²) < 4.78 is 26.3. The molecule has 2 aromatic heterocycles. The summed E-state index contributed by atoms with van der Waals surface area (Å²) in [5, 5.41) is 15.1. The van der Waals surface area contributed by atoms with E-state index in [-0.39, 0.29) is 55.3 Å². The molecule has 0 spiro atoms. The van der Waals surface area contributed by atoms with Crippen LogP contribution >= 0.6 is 0 Å². The van der Waals surface area contributed by atoms with Crippen LogP contribution in [-0.2, 0) is 39.8 Å². The van der Waals surface area contributed by atoms with Crippen molar-refractivity contribution >= 4 is 40.6 Å². The lowest BCUT2D eigenvalue weighted by atomic mass is 10.1. The van der Waals surface area contributed by atoms with Gasteiger partial charge in [0.1, 0.15) is 12.6 Å². The van der Waals surface area contributed by atoms with Crippen molar-refractivity contribution in [3.05, 3.63) is 52.1 Å². The molecule has 1 aromatic carbocycles. The molecule has 0 bridgehead atoms. The number of rotatable bonds is 23. The van der Waals surface area contributed by atoms with Gasteiger partial charge in [0.15, 0.2) is 11.2 Å². The van der Waals surface area contributed by atoms with E-state index in [2.05, 4.69) is 30.6 Å². The first-order chi connectivity index (χ1) is 22.8. The van der Waals surface area contributed by atoms with Crippen molar-refractivity contribution in [3.8, 4) is 0 Å². The average molecular weight is 661 g/mol. The lowest BCUT2D eigenvalue weighted by Crippen LogP contribution is -2.41. The van der Waals surface area contributed by atoms with E-state index in [1.807, 2.05) is 0 Å². The molecule has 0 aliphatic heterocycles. The van der Waals surface area contributed by atoms with Crippen LogP contribution in [0.3, 0.4) is 0 Å². The highest BCUT2D eigenvalue weighted by atomic mass is 16.6. The van der Waals surface area contributed by atoms with Crippen LogP contribution in [0.1, 0.15) is 28.9 Å². The SMILES string of the molecule is NCCOCCOCCOCCOCCOC(=O)CCC(NC(=O)c1ccc(NCc2cnc3nc(N)[nH]c(=O)c3n2)cc1)C(=O)O. The molecule has 0 aliphatic rings. The molecule has 0 fully saturated rings. The van der Waals surface area contributed by atoms with Gasteiger partial charge in [0, 0.05) is 24.2 Å². The quantitative estimate of drug-likeness (QED) is 0.0550. The van der Waals surface area contributed by atoms with Gasteiger partial charge in [-0.2, -0.15) is 4.98 Å². The molecule has 0 radical (unpaired) electrons. The molecule has 0 aliphatic carbocycles. The molecule has 0 saturated heterocycles. The molecular weight excluding hydrogens is 620 g/mol. The molecule has 0 saturated carbocycles. The summed E-state index contributed by atoms with van der Waals surface area (Å²) in [5.41, 5.74) is 11.8. The summed E-state index contributed by atoms with van der Waals surface area (Å²) in [4.78, 5) is 63.1. The summed E-state index contributed by atoms with van der Waals surface area (Å²) in [7, 11) is 0. The zero-order valence-electron chi connectivity index (χ0n) is 25.8. The Labute approximate surface area is 269 Å². The molecule has 2 heterocycles. The van der Waals surface area contributed by atoms with Gasteiger partial charge in [-0.15, -0.1) is 0 Å². The number of carboxylic acids is 1. The van der Waals surface area contributed by atoms with Crippen molar-refractivity contribution in [3.63, 3.8) is 0 Å². The highest BCUT2D eigenvalue weighted by Gasteiger charge is 2.22. The number of H-pyrrole nitrogens is 1. The number of amides is 1. The number of nitrogen functional groups attached to an aromatic ring is 1. The molecule has 18 nitrogen and oxygen atoms in total. The minimum Gasteiger partial charge on any atom is -0.480 e. The van der Waals surface area contributed by atoms with E-state index in [4.69, 9.17) is 35.2 Å². The fourth-order valence-corrected chi connectivity index (χ4v) is 3.88. The summed E-state index contributed by atoms with van der Waals surface area (Å²) in [6.45, 7) is 3.76. The maximum atomic E-state index is 12.7. The molecule has 18 heteroatoms. The van der Waals surface area contributed by atoms with Gasteiger partial charge in [0.2, 0.25) is 5.95 Å². The molecule has 3 aromatic rings. The molecule has 47 heavy (non-hydrogen) atoms. The Kier molecular flexibility index (Phi) is 15.9. The summed E-state index contributed by atoms with van der Waals surface area (Å²) in [5.74, 6) is -2.58. The van der Waals surface area contributed by atoms with Crippen molar-refractivity contribution in [1.82, 2.24) is 25.3 Å². The van der Waals surface area contributed by atoms with Crippen LogP contribution in [0, 0.1) is 0 Å². The third kappa shape index (κ3) is 13.6. The average Bonchev–Trinajstić information content (AvgIpc) is 3.05. The van der Waals surface area contributed by atoms with Crippen LogP contribution in [0.4, 0.5) is 11.6 Å². The lowest BCUT2D eigenvalue weighted by molar-refractivity contribution is -0.146. The molecule has 8 N–H and O–H groups in total. The second-order valence-corrected chi connectivity index (χ2v) is 9.78. The number of benzene rings is 1. The lowest BCUT2D eigenvalue weighted by Gasteiger charge is -2.15. The van der Waals surface area contributed by atoms with Gasteiger partial charge >= 0.3 is 11.9 Å². The van der Waals surface area contributed by atoms with Gasteiger partial charge in [-0.25, -0.2) is 14.8 Å². The molecule has 1 atom stereocenters. The third-order valence-corrected chi connectivity index (χ3v) is 6.22. The molecule has 256 valence electrons. The minimum absolute atomic E-state index is 0.00666. The van der Waals surface area contributed by atoms with E-state index >= 15 is 0 Å². The zero-order valence-corrected chi connectivity index (χ0v) is 25.8. The van der Waals surface area contributed by atoms with Crippen molar-refractivity contribution < 1.29 is 43.2 Å². The van der Waals surface area contributed by atoms with Gasteiger partial charge in [0.25, 0.3) is 11.5 Å². The van der Waals surface area contributed by atoms with Crippen LogP contribution in [0.2, 0.25) is 0 Å². The maximum Gasteiger partial charge on any atom is 0.326 e. The second kappa shape index (κ2) is 20.4. The predicted octanol–water partition coefficient (Wildman–Crippen LogP) is -0.561. The number of aromatic nitrogens is 4. The second-order valence-electron chi connectivity index (χ2n) is 9.78. The van der Waals surface area contributed by atoms with Crippen molar-refractivity contribution in [2.75, 3.05) is 77.1 Å². The number of aliphatic carboxylic acids is 1. The van der Waals surface area contributed by atoms with E-state index in [1.165, 1.54) is 18.3 Å². The fraction of sp³-hybridized carbons (Fsp3) is 0.483. The van der Waals surface area contributed by atoms with Crippen LogP contribution in [0.5, 0.6) is 0 Å². The Hall–Kier alpha value is -4.75. The number of hydrogen-bond donors (Lipinski definition) is 6. The third-order valence-electron chi connectivity index (χ3n) is 6.22. The standard InChI is InChI=1S/C29H40N8O10/c30-7-8-43-9-10-44-11-12-45-13-14-46-15-16-47-23(38)6-5-22(28(41)42)35-26(39)19-1-3-20(4-2-19)32-17-21-18-33-25-24(34-21)27(40)37-29(31)36-25/h1-4,18,22,32H,5-17,30H2,(H,35,39)(H,41,42)(H3,31,33,36,37,40). The predicted molar refractivity (Wildman–Crippen MR) is 168 cm³/mol. The largest absolute Gasteiger partial charge is 0.480 e. The summed E-state index contributed by atoms with van der Waals surface area (Å²) in [6.07, 6.45) is 1.08. The smallest absolute Gasteiger partial charge is 0.326 e. The maximum absolute atomic E-state index is 12.7. The summed E-state index contributed by atoms with van der Waals surface area (Å²) >= 11 is 0. The zero-order chi connectivity index (χ0) is 33.9. The number of fused-ring (bicyclic) bond motifs is 1. The van der Waals surface area contributed by atoms with E-state index in [1.54, 1.807) is 12.1 Å². The van der Waals surface area contributed by atoms with E-state index in [0.717, 1.165) is 0 Å². The van der Waals surface area contributed by atoms with Crippen LogP contribution in [0.25, 0.3) is 11.2 Å². The number of nitrogens with zero attached hydrogens (tertiary/aromatic N) is 3. The number of nitrogens with two attached hydrogens (primary N) is 2. The van der Waals surface area contributed by atoms with Gasteiger partial charge in [0.05, 0.1) is 71.3 Å². The van der Waals surface area contributed by atoms with Gasteiger partial charge in [-0.3, -0.25) is 19.4 Å². The number of carboxylic acid groups (broad SMARTS) is 1. The van der Waals surface area contributed by atoms with Gasteiger partial charge in [-0.1, -0.05) is 0 Å². The molecule has 1 unspecified atom stereocenters. The summed E-state index contributed by atoms with van der Waals surface area (Å²) in [6, 6.07) is 4.96. The number of ether oxygens (including phenoxy) is 5. The van der Waals surface area contributed by atoms with Gasteiger partial charge < -0.3 is 50.9 Å². The number of carbonyl (C=O) groups excluding carboxylic acids is 2. The highest BCUT2D eigenvalue weighted by molar-refractivity contribution is 5.97. The number of esters is 1. The van der Waals surface area contributed by atoms with Crippen LogP contribution < -0.4 is 27.7 Å². The number of hydrogen-bond acceptors (Lipinski definition) is 15. The van der Waals surface area contributed by atoms with E-state index < -0.39 is 29.4 Å². The van der Waals surface area contributed by atoms with Crippen LogP contribution in [0.15, 0.2) is 35.3 Å². The Morgan fingerprint density at radius 1 is 0.894 bits per heavy atom. The van der Waals surface area contributed by atoms with E-state index in [9.17, 15) is 24.3 Å². The molecular formula is C29H40N8O10. The van der Waals surface area contributed by atoms with Crippen molar-refractivity contribution in [2.24, 2.45) is 5.73 Å². The normalized spacial score (nSPS) is 11.7. The number of anilines is 2. The van der Waals surface area contributed by atoms with Crippen LogP contribution in [-0.4, -0.2) is 115 Å². The highest BCUT2D eigenvalue weighted by Crippen LogP contribution is 2.12. The monoisotopic (exact) mass is 660 g/mol.